The van der Waals surface area contributed by atoms with Crippen molar-refractivity contribution in [2.24, 2.45) is 5.73 Å². The number of aromatic nitrogens is 1. The molecule has 3 nitrogen and oxygen atoms in total. The third-order valence-electron chi connectivity index (χ3n) is 2.87. The number of nitrogens with zero attached hydrogens (tertiary/aromatic N) is 1. The number of nitrogens with two attached hydrogens (primary N) is 1. The van der Waals surface area contributed by atoms with E-state index in [0.717, 1.165) is 24.2 Å². The molecule has 0 aliphatic rings. The lowest BCUT2D eigenvalue weighted by molar-refractivity contribution is 0.308. The SMILES string of the molecule is NCc1ccc(Cl)cc1OCCCc1ccncc1. The molecule has 0 amide bonds. The van der Waals surface area contributed by atoms with Gasteiger partial charge in [-0.2, -0.15) is 0 Å². The molecule has 0 unspecified atom stereocenters. The summed E-state index contributed by atoms with van der Waals surface area (Å²) < 4.78 is 5.75. The van der Waals surface area contributed by atoms with Crippen molar-refractivity contribution < 1.29 is 4.74 Å². The normalized spacial score (nSPS) is 10.4. The van der Waals surface area contributed by atoms with Gasteiger partial charge in [0.1, 0.15) is 5.75 Å². The van der Waals surface area contributed by atoms with Crippen molar-refractivity contribution in [3.8, 4) is 5.75 Å². The minimum atomic E-state index is 0.455. The third-order valence-corrected chi connectivity index (χ3v) is 3.10. The molecule has 0 aliphatic heterocycles. The number of halogens is 1. The minimum absolute atomic E-state index is 0.455. The minimum Gasteiger partial charge on any atom is -0.493 e. The van der Waals surface area contributed by atoms with Gasteiger partial charge in [0.2, 0.25) is 0 Å². The van der Waals surface area contributed by atoms with Crippen LogP contribution in [0, 0.1) is 0 Å². The lowest BCUT2D eigenvalue weighted by Crippen LogP contribution is -2.04. The molecular formula is C15H17ClN2O. The van der Waals surface area contributed by atoms with Gasteiger partial charge in [-0.15, -0.1) is 0 Å². The second kappa shape index (κ2) is 7.12. The number of pyridine rings is 1. The predicted molar refractivity (Wildman–Crippen MR) is 77.4 cm³/mol. The number of benzene rings is 1. The first-order valence-electron chi connectivity index (χ1n) is 6.30. The Hall–Kier alpha value is -1.58. The third kappa shape index (κ3) is 4.23. The molecule has 0 saturated heterocycles. The molecule has 1 heterocycles. The first-order chi connectivity index (χ1) is 9.29. The highest BCUT2D eigenvalue weighted by Crippen LogP contribution is 2.23. The average Bonchev–Trinajstić information content (AvgIpc) is 2.45. The summed E-state index contributed by atoms with van der Waals surface area (Å²) >= 11 is 5.95. The van der Waals surface area contributed by atoms with Gasteiger partial charge < -0.3 is 10.5 Å². The summed E-state index contributed by atoms with van der Waals surface area (Å²) in [6.45, 7) is 1.10. The Morgan fingerprint density at radius 2 is 1.95 bits per heavy atom. The van der Waals surface area contributed by atoms with E-state index in [2.05, 4.69) is 4.98 Å². The summed E-state index contributed by atoms with van der Waals surface area (Å²) in [5, 5.41) is 0.668. The van der Waals surface area contributed by atoms with Crippen LogP contribution in [0.3, 0.4) is 0 Å². The number of rotatable bonds is 6. The zero-order chi connectivity index (χ0) is 13.5. The number of hydrogen-bond acceptors (Lipinski definition) is 3. The van der Waals surface area contributed by atoms with Crippen LogP contribution < -0.4 is 10.5 Å². The van der Waals surface area contributed by atoms with E-state index in [1.807, 2.05) is 30.3 Å². The Morgan fingerprint density at radius 1 is 1.16 bits per heavy atom. The molecule has 1 aromatic heterocycles. The molecule has 2 N–H and O–H groups in total. The Balaban J connectivity index is 1.84. The first kappa shape index (κ1) is 13.8. The predicted octanol–water partition coefficient (Wildman–Crippen LogP) is 3.21. The molecule has 1 aromatic carbocycles. The Bertz CT molecular complexity index is 517. The van der Waals surface area contributed by atoms with Crippen molar-refractivity contribution in [2.45, 2.75) is 19.4 Å². The van der Waals surface area contributed by atoms with E-state index in [4.69, 9.17) is 22.1 Å². The zero-order valence-electron chi connectivity index (χ0n) is 10.7. The van der Waals surface area contributed by atoms with Gasteiger partial charge in [-0.3, -0.25) is 4.98 Å². The van der Waals surface area contributed by atoms with E-state index in [1.54, 1.807) is 12.4 Å². The van der Waals surface area contributed by atoms with Crippen molar-refractivity contribution in [3.63, 3.8) is 0 Å². The molecule has 0 spiro atoms. The van der Waals surface area contributed by atoms with Crippen molar-refractivity contribution in [3.05, 3.63) is 58.9 Å². The average molecular weight is 277 g/mol. The van der Waals surface area contributed by atoms with Gasteiger partial charge in [0.15, 0.2) is 0 Å². The van der Waals surface area contributed by atoms with E-state index < -0.39 is 0 Å². The summed E-state index contributed by atoms with van der Waals surface area (Å²) in [4.78, 5) is 3.99. The van der Waals surface area contributed by atoms with Crippen molar-refractivity contribution >= 4 is 11.6 Å². The van der Waals surface area contributed by atoms with Crippen LogP contribution in [-0.4, -0.2) is 11.6 Å². The van der Waals surface area contributed by atoms with Gasteiger partial charge in [0.25, 0.3) is 0 Å². The van der Waals surface area contributed by atoms with Crippen LogP contribution in [0.1, 0.15) is 17.5 Å². The molecular weight excluding hydrogens is 260 g/mol. The monoisotopic (exact) mass is 276 g/mol. The van der Waals surface area contributed by atoms with Crippen LogP contribution >= 0.6 is 11.6 Å². The van der Waals surface area contributed by atoms with Gasteiger partial charge >= 0.3 is 0 Å². The summed E-state index contributed by atoms with van der Waals surface area (Å²) in [7, 11) is 0. The summed E-state index contributed by atoms with van der Waals surface area (Å²) in [5.74, 6) is 0.782. The van der Waals surface area contributed by atoms with Crippen LogP contribution in [0.5, 0.6) is 5.75 Å². The number of aryl methyl sites for hydroxylation is 1. The van der Waals surface area contributed by atoms with Crippen molar-refractivity contribution in [1.29, 1.82) is 0 Å². The van der Waals surface area contributed by atoms with Crippen LogP contribution in [0.25, 0.3) is 0 Å². The standard InChI is InChI=1S/C15H17ClN2O/c16-14-4-3-13(11-17)15(10-14)19-9-1-2-12-5-7-18-8-6-12/h3-8,10H,1-2,9,11,17H2. The van der Waals surface area contributed by atoms with Crippen LogP contribution in [0.15, 0.2) is 42.7 Å². The largest absolute Gasteiger partial charge is 0.493 e. The maximum atomic E-state index is 5.95. The second-order valence-electron chi connectivity index (χ2n) is 4.26. The molecule has 0 saturated carbocycles. The maximum Gasteiger partial charge on any atom is 0.125 e. The fourth-order valence-corrected chi connectivity index (χ4v) is 2.00. The van der Waals surface area contributed by atoms with E-state index in [0.29, 0.717) is 18.2 Å². The van der Waals surface area contributed by atoms with Crippen LogP contribution in [0.2, 0.25) is 5.02 Å². The maximum absolute atomic E-state index is 5.95. The lowest BCUT2D eigenvalue weighted by Gasteiger charge is -2.10. The van der Waals surface area contributed by atoms with Crippen LogP contribution in [0.4, 0.5) is 0 Å². The molecule has 0 radical (unpaired) electrons. The van der Waals surface area contributed by atoms with Gasteiger partial charge in [-0.1, -0.05) is 17.7 Å². The fraction of sp³-hybridized carbons (Fsp3) is 0.267. The fourth-order valence-electron chi connectivity index (χ4n) is 1.84. The highest BCUT2D eigenvalue weighted by molar-refractivity contribution is 6.30. The Kier molecular flexibility index (Phi) is 5.19. The molecule has 2 rings (SSSR count). The summed E-state index contributed by atoms with van der Waals surface area (Å²) in [6, 6.07) is 9.58. The molecule has 4 heteroatoms. The van der Waals surface area contributed by atoms with Gasteiger partial charge in [-0.25, -0.2) is 0 Å². The number of ether oxygens (including phenoxy) is 1. The van der Waals surface area contributed by atoms with E-state index in [1.165, 1.54) is 5.56 Å². The van der Waals surface area contributed by atoms with Gasteiger partial charge in [0.05, 0.1) is 6.61 Å². The molecule has 0 atom stereocenters. The zero-order valence-corrected chi connectivity index (χ0v) is 11.4. The smallest absolute Gasteiger partial charge is 0.125 e. The molecule has 0 bridgehead atoms. The summed E-state index contributed by atoms with van der Waals surface area (Å²) in [6.07, 6.45) is 5.53. The van der Waals surface area contributed by atoms with Gasteiger partial charge in [-0.05, 0) is 42.7 Å². The Labute approximate surface area is 118 Å². The molecule has 2 aromatic rings. The van der Waals surface area contributed by atoms with Crippen molar-refractivity contribution in [1.82, 2.24) is 4.98 Å². The molecule has 100 valence electrons. The highest BCUT2D eigenvalue weighted by Gasteiger charge is 2.03. The van der Waals surface area contributed by atoms with E-state index in [-0.39, 0.29) is 0 Å². The number of hydrogen-bond donors (Lipinski definition) is 1. The van der Waals surface area contributed by atoms with Crippen molar-refractivity contribution in [2.75, 3.05) is 6.61 Å². The second-order valence-corrected chi connectivity index (χ2v) is 4.70. The first-order valence-corrected chi connectivity index (χ1v) is 6.67. The van der Waals surface area contributed by atoms with E-state index >= 15 is 0 Å². The topological polar surface area (TPSA) is 48.1 Å². The van der Waals surface area contributed by atoms with E-state index in [9.17, 15) is 0 Å². The molecule has 19 heavy (non-hydrogen) atoms. The van der Waals surface area contributed by atoms with Gasteiger partial charge in [0, 0.05) is 29.5 Å². The quantitative estimate of drug-likeness (QED) is 0.824. The molecule has 0 aliphatic carbocycles. The molecule has 0 fully saturated rings. The summed E-state index contributed by atoms with van der Waals surface area (Å²) in [5.41, 5.74) is 7.91. The van der Waals surface area contributed by atoms with Crippen LogP contribution in [-0.2, 0) is 13.0 Å². The Morgan fingerprint density at radius 3 is 2.68 bits per heavy atom. The lowest BCUT2D eigenvalue weighted by atomic mass is 10.1. The highest BCUT2D eigenvalue weighted by atomic mass is 35.5.